The van der Waals surface area contributed by atoms with Crippen LogP contribution in [0.5, 0.6) is 0 Å². The number of carboxylic acids is 1. The minimum Gasteiger partial charge on any atom is -0.480 e. The van der Waals surface area contributed by atoms with E-state index in [0.717, 1.165) is 12.2 Å². The summed E-state index contributed by atoms with van der Waals surface area (Å²) >= 11 is 1.63. The SMILES string of the molecule is CSCCC(N)C(=O)N1CCCC1C(=O)N1CCCC1C(=O)N1CCCC1C(=O)O. The molecule has 0 aliphatic carbocycles. The molecule has 3 aliphatic heterocycles. The maximum atomic E-state index is 13.3. The molecule has 0 aromatic rings. The van der Waals surface area contributed by atoms with Crippen molar-refractivity contribution in [1.82, 2.24) is 14.7 Å². The fraction of sp³-hybridized carbons (Fsp3) is 0.800. The van der Waals surface area contributed by atoms with Crippen LogP contribution < -0.4 is 5.73 Å². The highest BCUT2D eigenvalue weighted by atomic mass is 32.2. The summed E-state index contributed by atoms with van der Waals surface area (Å²) in [6, 6.07) is -2.66. The van der Waals surface area contributed by atoms with Crippen molar-refractivity contribution in [2.24, 2.45) is 5.73 Å². The van der Waals surface area contributed by atoms with E-state index in [1.165, 1.54) is 4.90 Å². The summed E-state index contributed by atoms with van der Waals surface area (Å²) in [5.74, 6) is -0.906. The standard InChI is InChI=1S/C20H32N4O5S/c1-30-12-8-13(21)17(25)22-9-2-5-14(22)18(26)23-10-3-6-15(23)19(27)24-11-4-7-16(24)20(28)29/h13-16H,2-12,21H2,1H3,(H,28,29). The first-order chi connectivity index (χ1) is 14.4. The number of nitrogens with two attached hydrogens (primary N) is 1. The largest absolute Gasteiger partial charge is 0.480 e. The number of rotatable bonds is 7. The van der Waals surface area contributed by atoms with E-state index in [4.69, 9.17) is 5.73 Å². The van der Waals surface area contributed by atoms with E-state index in [0.29, 0.717) is 58.2 Å². The fourth-order valence-electron chi connectivity index (χ4n) is 4.83. The maximum absolute atomic E-state index is 13.3. The Kier molecular flexibility index (Phi) is 7.62. The summed E-state index contributed by atoms with van der Waals surface area (Å²) in [6.45, 7) is 1.37. The Balaban J connectivity index is 1.69. The van der Waals surface area contributed by atoms with Gasteiger partial charge in [-0.3, -0.25) is 14.4 Å². The van der Waals surface area contributed by atoms with Gasteiger partial charge < -0.3 is 25.5 Å². The molecule has 3 heterocycles. The molecule has 10 heteroatoms. The van der Waals surface area contributed by atoms with Gasteiger partial charge in [0.15, 0.2) is 0 Å². The molecule has 0 bridgehead atoms. The molecule has 0 aromatic heterocycles. The molecule has 0 saturated carbocycles. The molecule has 3 N–H and O–H groups in total. The van der Waals surface area contributed by atoms with E-state index in [1.807, 2.05) is 6.26 Å². The van der Waals surface area contributed by atoms with Crippen LogP contribution in [0, 0.1) is 0 Å². The highest BCUT2D eigenvalue weighted by Gasteiger charge is 2.45. The second-order valence-corrected chi connectivity index (χ2v) is 9.28. The van der Waals surface area contributed by atoms with E-state index in [2.05, 4.69) is 0 Å². The predicted molar refractivity (Wildman–Crippen MR) is 113 cm³/mol. The molecule has 3 saturated heterocycles. The van der Waals surface area contributed by atoms with Crippen LogP contribution in [0.25, 0.3) is 0 Å². The van der Waals surface area contributed by atoms with Gasteiger partial charge in [0, 0.05) is 19.6 Å². The van der Waals surface area contributed by atoms with Crippen molar-refractivity contribution in [2.75, 3.05) is 31.6 Å². The summed E-state index contributed by atoms with van der Waals surface area (Å²) < 4.78 is 0. The minimum atomic E-state index is -0.997. The number of aliphatic carboxylic acids is 1. The zero-order valence-electron chi connectivity index (χ0n) is 17.5. The first kappa shape index (κ1) is 22.9. The number of hydrogen-bond acceptors (Lipinski definition) is 6. The number of carboxylic acid groups (broad SMARTS) is 1. The van der Waals surface area contributed by atoms with Crippen LogP contribution in [0.4, 0.5) is 0 Å². The second-order valence-electron chi connectivity index (χ2n) is 8.30. The molecule has 9 nitrogen and oxygen atoms in total. The second kappa shape index (κ2) is 10.00. The predicted octanol–water partition coefficient (Wildman–Crippen LogP) is 0.124. The lowest BCUT2D eigenvalue weighted by atomic mass is 10.1. The number of nitrogens with zero attached hydrogens (tertiary/aromatic N) is 3. The Labute approximate surface area is 181 Å². The molecule has 4 unspecified atom stereocenters. The molecule has 0 aromatic carbocycles. The lowest BCUT2D eigenvalue weighted by Gasteiger charge is -2.34. The van der Waals surface area contributed by atoms with Gasteiger partial charge in [0.25, 0.3) is 0 Å². The molecule has 4 atom stereocenters. The van der Waals surface area contributed by atoms with E-state index in [1.54, 1.807) is 21.6 Å². The Hall–Kier alpha value is -1.81. The molecule has 3 rings (SSSR count). The van der Waals surface area contributed by atoms with Crippen LogP contribution >= 0.6 is 11.8 Å². The molecule has 0 radical (unpaired) electrons. The minimum absolute atomic E-state index is 0.201. The Morgan fingerprint density at radius 1 is 0.900 bits per heavy atom. The average Bonchev–Trinajstić information content (AvgIpc) is 3.49. The summed E-state index contributed by atoms with van der Waals surface area (Å²) in [4.78, 5) is 55.3. The quantitative estimate of drug-likeness (QED) is 0.576. The van der Waals surface area contributed by atoms with Crippen LogP contribution in [0.15, 0.2) is 0 Å². The van der Waals surface area contributed by atoms with Crippen molar-refractivity contribution in [2.45, 2.75) is 69.1 Å². The van der Waals surface area contributed by atoms with Crippen molar-refractivity contribution >= 4 is 35.5 Å². The van der Waals surface area contributed by atoms with Crippen molar-refractivity contribution in [3.05, 3.63) is 0 Å². The van der Waals surface area contributed by atoms with Gasteiger partial charge in [-0.2, -0.15) is 11.8 Å². The van der Waals surface area contributed by atoms with Crippen LogP contribution in [0.3, 0.4) is 0 Å². The highest BCUT2D eigenvalue weighted by molar-refractivity contribution is 7.98. The number of hydrogen-bond donors (Lipinski definition) is 2. The van der Waals surface area contributed by atoms with Gasteiger partial charge >= 0.3 is 5.97 Å². The molecular weight excluding hydrogens is 408 g/mol. The zero-order valence-corrected chi connectivity index (χ0v) is 18.3. The molecule has 3 aliphatic rings. The summed E-state index contributed by atoms with van der Waals surface area (Å²) in [7, 11) is 0. The van der Waals surface area contributed by atoms with Gasteiger partial charge in [0.05, 0.1) is 6.04 Å². The van der Waals surface area contributed by atoms with Crippen molar-refractivity contribution in [1.29, 1.82) is 0 Å². The average molecular weight is 441 g/mol. The highest BCUT2D eigenvalue weighted by Crippen LogP contribution is 2.28. The van der Waals surface area contributed by atoms with Crippen LogP contribution in [-0.4, -0.2) is 99.3 Å². The molecule has 3 amide bonds. The molecular formula is C20H32N4O5S. The normalized spacial score (nSPS) is 27.5. The van der Waals surface area contributed by atoms with Gasteiger partial charge in [-0.1, -0.05) is 0 Å². The van der Waals surface area contributed by atoms with Gasteiger partial charge in [0.2, 0.25) is 17.7 Å². The Morgan fingerprint density at radius 3 is 1.90 bits per heavy atom. The smallest absolute Gasteiger partial charge is 0.326 e. The monoisotopic (exact) mass is 440 g/mol. The van der Waals surface area contributed by atoms with Gasteiger partial charge in [-0.25, -0.2) is 4.79 Å². The topological polar surface area (TPSA) is 124 Å². The fourth-order valence-corrected chi connectivity index (χ4v) is 5.32. The summed E-state index contributed by atoms with van der Waals surface area (Å²) in [5.41, 5.74) is 6.05. The third-order valence-electron chi connectivity index (χ3n) is 6.41. The maximum Gasteiger partial charge on any atom is 0.326 e. The summed E-state index contributed by atoms with van der Waals surface area (Å²) in [5, 5.41) is 9.40. The molecule has 3 fully saturated rings. The molecule has 0 spiro atoms. The van der Waals surface area contributed by atoms with E-state index >= 15 is 0 Å². The Bertz CT molecular complexity index is 690. The van der Waals surface area contributed by atoms with Crippen molar-refractivity contribution < 1.29 is 24.3 Å². The van der Waals surface area contributed by atoms with Gasteiger partial charge in [0.1, 0.15) is 18.1 Å². The number of thioether (sulfide) groups is 1. The first-order valence-corrected chi connectivity index (χ1v) is 12.1. The van der Waals surface area contributed by atoms with E-state index < -0.39 is 30.1 Å². The first-order valence-electron chi connectivity index (χ1n) is 10.8. The van der Waals surface area contributed by atoms with Crippen molar-refractivity contribution in [3.8, 4) is 0 Å². The van der Waals surface area contributed by atoms with Crippen LogP contribution in [0.2, 0.25) is 0 Å². The van der Waals surface area contributed by atoms with Gasteiger partial charge in [-0.05, 0) is 57.0 Å². The van der Waals surface area contributed by atoms with Gasteiger partial charge in [-0.15, -0.1) is 0 Å². The van der Waals surface area contributed by atoms with E-state index in [9.17, 15) is 24.3 Å². The lowest BCUT2D eigenvalue weighted by Crippen LogP contribution is -2.56. The molecule has 30 heavy (non-hydrogen) atoms. The Morgan fingerprint density at radius 2 is 1.37 bits per heavy atom. The zero-order chi connectivity index (χ0) is 21.8. The number of likely N-dealkylation sites (tertiary alicyclic amines) is 3. The van der Waals surface area contributed by atoms with Crippen LogP contribution in [0.1, 0.15) is 44.9 Å². The third-order valence-corrected chi connectivity index (χ3v) is 7.06. The van der Waals surface area contributed by atoms with E-state index in [-0.39, 0.29) is 17.7 Å². The number of amides is 3. The summed E-state index contributed by atoms with van der Waals surface area (Å²) in [6.07, 6.45) is 6.15. The number of carbonyl (C=O) groups is 4. The molecule has 168 valence electrons. The van der Waals surface area contributed by atoms with Crippen molar-refractivity contribution in [3.63, 3.8) is 0 Å². The third kappa shape index (κ3) is 4.59. The number of carbonyl (C=O) groups excluding carboxylic acids is 3. The lowest BCUT2D eigenvalue weighted by molar-refractivity contribution is -0.153. The van der Waals surface area contributed by atoms with Crippen LogP contribution in [-0.2, 0) is 19.2 Å².